The molecular formula is C10H16N6O6. The van der Waals surface area contributed by atoms with Crippen LogP contribution in [0.25, 0.3) is 0 Å². The van der Waals surface area contributed by atoms with Gasteiger partial charge in [0.25, 0.3) is 0 Å². The number of hydrogen-bond donors (Lipinski definition) is 6. The van der Waals surface area contributed by atoms with Crippen molar-refractivity contribution in [2.75, 3.05) is 13.2 Å². The lowest BCUT2D eigenvalue weighted by Gasteiger charge is -2.13. The molecule has 0 fully saturated rings. The maximum Gasteiger partial charge on any atom is 0.323 e. The van der Waals surface area contributed by atoms with Crippen LogP contribution >= 0.6 is 0 Å². The van der Waals surface area contributed by atoms with Gasteiger partial charge in [-0.2, -0.15) is 4.98 Å². The maximum absolute atomic E-state index is 11.5. The highest BCUT2D eigenvalue weighted by Crippen LogP contribution is 2.16. The van der Waals surface area contributed by atoms with Crippen molar-refractivity contribution in [2.24, 2.45) is 11.5 Å². The number of nitrogens with two attached hydrogens (primary N) is 2. The van der Waals surface area contributed by atoms with Gasteiger partial charge in [-0.1, -0.05) is 5.16 Å². The molecule has 122 valence electrons. The summed E-state index contributed by atoms with van der Waals surface area (Å²) < 4.78 is 4.86. The second kappa shape index (κ2) is 7.90. The Hall–Kier alpha value is -2.73. The van der Waals surface area contributed by atoms with E-state index in [9.17, 15) is 14.4 Å². The van der Waals surface area contributed by atoms with Crippen molar-refractivity contribution in [2.45, 2.75) is 18.5 Å². The number of carbonyl (C=O) groups is 3. The van der Waals surface area contributed by atoms with Crippen molar-refractivity contribution in [3.8, 4) is 0 Å². The first-order valence-electron chi connectivity index (χ1n) is 6.07. The van der Waals surface area contributed by atoms with E-state index >= 15 is 0 Å². The van der Waals surface area contributed by atoms with Gasteiger partial charge in [-0.15, -0.1) is 0 Å². The smallest absolute Gasteiger partial charge is 0.323 e. The van der Waals surface area contributed by atoms with E-state index in [2.05, 4.69) is 15.5 Å². The number of aromatic nitrogens is 2. The van der Waals surface area contributed by atoms with E-state index in [-0.39, 0.29) is 18.1 Å². The van der Waals surface area contributed by atoms with Gasteiger partial charge in [0.2, 0.25) is 11.8 Å². The summed E-state index contributed by atoms with van der Waals surface area (Å²) in [5.41, 5.74) is 10.6. The Kier molecular flexibility index (Phi) is 6.22. The van der Waals surface area contributed by atoms with Gasteiger partial charge >= 0.3 is 12.0 Å². The first-order valence-corrected chi connectivity index (χ1v) is 6.07. The highest BCUT2D eigenvalue weighted by Gasteiger charge is 2.24. The molecule has 1 aromatic heterocycles. The third-order valence-corrected chi connectivity index (χ3v) is 2.39. The van der Waals surface area contributed by atoms with Crippen LogP contribution in [0.2, 0.25) is 0 Å². The summed E-state index contributed by atoms with van der Waals surface area (Å²) in [4.78, 5) is 36.8. The van der Waals surface area contributed by atoms with E-state index in [0.29, 0.717) is 0 Å². The molecule has 1 heterocycles. The minimum absolute atomic E-state index is 0.0142. The van der Waals surface area contributed by atoms with Crippen molar-refractivity contribution in [1.29, 1.82) is 0 Å². The van der Waals surface area contributed by atoms with E-state index in [1.54, 1.807) is 0 Å². The molecule has 12 nitrogen and oxygen atoms in total. The Morgan fingerprint density at radius 2 is 2.05 bits per heavy atom. The van der Waals surface area contributed by atoms with Crippen molar-refractivity contribution in [3.05, 3.63) is 11.7 Å². The van der Waals surface area contributed by atoms with Crippen LogP contribution in [-0.2, 0) is 9.59 Å². The van der Waals surface area contributed by atoms with Gasteiger partial charge in [0.05, 0.1) is 19.1 Å². The van der Waals surface area contributed by atoms with E-state index in [1.807, 2.05) is 5.32 Å². The average molecular weight is 316 g/mol. The normalized spacial score (nSPS) is 13.2. The summed E-state index contributed by atoms with van der Waals surface area (Å²) in [7, 11) is 0. The fourth-order valence-corrected chi connectivity index (χ4v) is 1.39. The highest BCUT2D eigenvalue weighted by molar-refractivity contribution is 5.81. The number of aliphatic hydroxyl groups excluding tert-OH is 1. The van der Waals surface area contributed by atoms with Crippen molar-refractivity contribution in [1.82, 2.24) is 20.8 Å². The summed E-state index contributed by atoms with van der Waals surface area (Å²) in [6.07, 6.45) is -0.351. The molecule has 0 spiro atoms. The molecule has 22 heavy (non-hydrogen) atoms. The van der Waals surface area contributed by atoms with Crippen molar-refractivity contribution < 1.29 is 29.1 Å². The zero-order valence-corrected chi connectivity index (χ0v) is 11.4. The predicted octanol–water partition coefficient (Wildman–Crippen LogP) is -2.64. The second-order valence-corrected chi connectivity index (χ2v) is 4.22. The van der Waals surface area contributed by atoms with Crippen molar-refractivity contribution >= 4 is 17.9 Å². The molecule has 0 aliphatic carbocycles. The lowest BCUT2D eigenvalue weighted by atomic mass is 10.2. The van der Waals surface area contributed by atoms with Crippen LogP contribution in [0.1, 0.15) is 30.2 Å². The number of carboxylic acids is 1. The summed E-state index contributed by atoms with van der Waals surface area (Å²) in [5, 5.41) is 25.2. The number of carbonyl (C=O) groups excluding carboxylic acids is 2. The van der Waals surface area contributed by atoms with E-state index in [0.717, 1.165) is 0 Å². The molecule has 0 saturated carbocycles. The number of urea groups is 1. The molecule has 0 aliphatic heterocycles. The second-order valence-electron chi connectivity index (χ2n) is 4.22. The molecule has 1 aromatic rings. The Labute approximate surface area is 123 Å². The van der Waals surface area contributed by atoms with E-state index in [1.165, 1.54) is 0 Å². The number of nitrogens with zero attached hydrogens (tertiary/aromatic N) is 2. The van der Waals surface area contributed by atoms with E-state index in [4.69, 9.17) is 26.2 Å². The topological polar surface area (TPSA) is 207 Å². The highest BCUT2D eigenvalue weighted by atomic mass is 16.5. The first-order chi connectivity index (χ1) is 10.3. The quantitative estimate of drug-likeness (QED) is 0.296. The molecule has 0 aliphatic rings. The number of primary amides is 1. The molecule has 8 N–H and O–H groups in total. The fraction of sp³-hybridized carbons (Fsp3) is 0.500. The van der Waals surface area contributed by atoms with Crippen LogP contribution in [0.3, 0.4) is 0 Å². The Morgan fingerprint density at radius 3 is 2.59 bits per heavy atom. The largest absolute Gasteiger partial charge is 0.480 e. The molecule has 0 aromatic carbocycles. The predicted molar refractivity (Wildman–Crippen MR) is 69.0 cm³/mol. The van der Waals surface area contributed by atoms with Crippen LogP contribution in [-0.4, -0.2) is 51.4 Å². The molecule has 12 heteroatoms. The van der Waals surface area contributed by atoms with Crippen LogP contribution in [0.5, 0.6) is 0 Å². The molecular weight excluding hydrogens is 300 g/mol. The number of nitrogens with one attached hydrogen (secondary N) is 2. The Balaban J connectivity index is 2.79. The summed E-state index contributed by atoms with van der Waals surface area (Å²) >= 11 is 0. The first kappa shape index (κ1) is 17.3. The van der Waals surface area contributed by atoms with Crippen LogP contribution in [0, 0.1) is 0 Å². The van der Waals surface area contributed by atoms with Gasteiger partial charge in [0.1, 0.15) is 12.6 Å². The van der Waals surface area contributed by atoms with E-state index < -0.39 is 43.1 Å². The summed E-state index contributed by atoms with van der Waals surface area (Å²) in [6, 6.07) is -2.80. The SMILES string of the molecule is NC(=O)CC(NC(=O)NCC(=O)O)c1nc(C(N)CO)no1. The van der Waals surface area contributed by atoms with Crippen LogP contribution < -0.4 is 22.1 Å². The molecule has 1 rings (SSSR count). The number of carboxylic acid groups (broad SMARTS) is 1. The number of hydrogen-bond acceptors (Lipinski definition) is 8. The van der Waals surface area contributed by atoms with Gasteiger partial charge in [-0.05, 0) is 0 Å². The van der Waals surface area contributed by atoms with Gasteiger partial charge in [0.15, 0.2) is 5.82 Å². The van der Waals surface area contributed by atoms with Crippen LogP contribution in [0.15, 0.2) is 4.52 Å². The minimum Gasteiger partial charge on any atom is -0.480 e. The maximum atomic E-state index is 11.5. The summed E-state index contributed by atoms with van der Waals surface area (Å²) in [5.74, 6) is -2.16. The standard InChI is InChI=1S/C10H16N6O6/c11-4(3-17)8-15-9(22-16-8)5(1-6(12)18)14-10(21)13-2-7(19)20/h4-5,17H,1-3,11H2,(H2,12,18)(H,19,20)(H2,13,14,21). The number of rotatable bonds is 8. The van der Waals surface area contributed by atoms with Crippen LogP contribution in [0.4, 0.5) is 4.79 Å². The van der Waals surface area contributed by atoms with Gasteiger partial charge in [-0.25, -0.2) is 4.79 Å². The number of aliphatic hydroxyl groups is 1. The molecule has 0 bridgehead atoms. The number of aliphatic carboxylic acids is 1. The molecule has 0 saturated heterocycles. The molecule has 2 unspecified atom stereocenters. The van der Waals surface area contributed by atoms with Gasteiger partial charge < -0.3 is 36.8 Å². The molecule has 2 atom stereocenters. The monoisotopic (exact) mass is 316 g/mol. The number of amides is 3. The third kappa shape index (κ3) is 5.34. The Morgan fingerprint density at radius 1 is 1.36 bits per heavy atom. The lowest BCUT2D eigenvalue weighted by Crippen LogP contribution is -2.41. The fourth-order valence-electron chi connectivity index (χ4n) is 1.39. The molecule has 0 radical (unpaired) electrons. The van der Waals surface area contributed by atoms with Gasteiger partial charge in [0, 0.05) is 0 Å². The lowest BCUT2D eigenvalue weighted by molar-refractivity contribution is -0.135. The zero-order chi connectivity index (χ0) is 16.7. The average Bonchev–Trinajstić information content (AvgIpc) is 2.92. The Bertz CT molecular complexity index is 546. The molecule has 3 amide bonds. The third-order valence-electron chi connectivity index (χ3n) is 2.39. The van der Waals surface area contributed by atoms with Crippen molar-refractivity contribution in [3.63, 3.8) is 0 Å². The zero-order valence-electron chi connectivity index (χ0n) is 11.4. The van der Waals surface area contributed by atoms with Gasteiger partial charge in [-0.3, -0.25) is 9.59 Å². The minimum atomic E-state index is -1.24. The summed E-state index contributed by atoms with van der Waals surface area (Å²) in [6.45, 7) is -1.04.